The minimum Gasteiger partial charge on any atom is -0.335 e. The van der Waals surface area contributed by atoms with Gasteiger partial charge in [-0.05, 0) is 20.3 Å². The summed E-state index contributed by atoms with van der Waals surface area (Å²) < 4.78 is 0. The van der Waals surface area contributed by atoms with Crippen molar-refractivity contribution in [3.05, 3.63) is 12.7 Å². The average Bonchev–Trinajstić information content (AvgIpc) is 2.21. The average molecular weight is 212 g/mol. The van der Waals surface area contributed by atoms with Gasteiger partial charge < -0.3 is 10.6 Å². The van der Waals surface area contributed by atoms with Crippen LogP contribution in [0.2, 0.25) is 0 Å². The molecule has 2 N–H and O–H groups in total. The molecule has 1 unspecified atom stereocenters. The molecular formula is C12H24N2O. The zero-order valence-corrected chi connectivity index (χ0v) is 10.2. The standard InChI is InChI=1S/C12H24N2O/c1-5-7-8-11(13)12(15)14(9-6-2)10(3)4/h6,10-11H,2,5,7-9,13H2,1,3-4H3. The maximum Gasteiger partial charge on any atom is 0.239 e. The molecule has 0 aliphatic rings. The molecule has 0 aromatic carbocycles. The van der Waals surface area contributed by atoms with E-state index in [1.807, 2.05) is 13.8 Å². The molecule has 0 bridgehead atoms. The lowest BCUT2D eigenvalue weighted by atomic mass is 10.1. The van der Waals surface area contributed by atoms with E-state index in [2.05, 4.69) is 13.5 Å². The lowest BCUT2D eigenvalue weighted by Gasteiger charge is -2.28. The van der Waals surface area contributed by atoms with Crippen molar-refractivity contribution in [3.8, 4) is 0 Å². The van der Waals surface area contributed by atoms with E-state index >= 15 is 0 Å². The van der Waals surface area contributed by atoms with Gasteiger partial charge in [-0.15, -0.1) is 6.58 Å². The minimum absolute atomic E-state index is 0.0401. The Balaban J connectivity index is 4.28. The fourth-order valence-corrected chi connectivity index (χ4v) is 1.45. The number of hydrogen-bond donors (Lipinski definition) is 1. The summed E-state index contributed by atoms with van der Waals surface area (Å²) in [6.07, 6.45) is 4.59. The van der Waals surface area contributed by atoms with Crippen molar-refractivity contribution in [2.24, 2.45) is 5.73 Å². The van der Waals surface area contributed by atoms with Gasteiger partial charge in [-0.25, -0.2) is 0 Å². The van der Waals surface area contributed by atoms with Crippen LogP contribution in [0.4, 0.5) is 0 Å². The van der Waals surface area contributed by atoms with Crippen molar-refractivity contribution in [3.63, 3.8) is 0 Å². The number of rotatable bonds is 7. The topological polar surface area (TPSA) is 46.3 Å². The van der Waals surface area contributed by atoms with Crippen LogP contribution in [0.1, 0.15) is 40.0 Å². The maximum absolute atomic E-state index is 11.9. The maximum atomic E-state index is 11.9. The van der Waals surface area contributed by atoms with Crippen molar-refractivity contribution in [2.75, 3.05) is 6.54 Å². The summed E-state index contributed by atoms with van der Waals surface area (Å²) in [6.45, 7) is 10.3. The molecule has 1 amide bonds. The van der Waals surface area contributed by atoms with Crippen LogP contribution in [0.25, 0.3) is 0 Å². The van der Waals surface area contributed by atoms with Gasteiger partial charge in [0.05, 0.1) is 6.04 Å². The molecule has 0 aliphatic heterocycles. The third-order valence-electron chi connectivity index (χ3n) is 2.42. The van der Waals surface area contributed by atoms with E-state index in [0.717, 1.165) is 19.3 Å². The number of nitrogens with zero attached hydrogens (tertiary/aromatic N) is 1. The number of carbonyl (C=O) groups is 1. The molecule has 0 aromatic rings. The number of carbonyl (C=O) groups excluding carboxylic acids is 1. The fraction of sp³-hybridized carbons (Fsp3) is 0.750. The molecule has 15 heavy (non-hydrogen) atoms. The molecule has 0 saturated carbocycles. The summed E-state index contributed by atoms with van der Waals surface area (Å²) >= 11 is 0. The predicted molar refractivity (Wildman–Crippen MR) is 64.5 cm³/mol. The summed E-state index contributed by atoms with van der Waals surface area (Å²) in [5.41, 5.74) is 5.85. The van der Waals surface area contributed by atoms with E-state index in [0.29, 0.717) is 6.54 Å². The van der Waals surface area contributed by atoms with Crippen molar-refractivity contribution < 1.29 is 4.79 Å². The van der Waals surface area contributed by atoms with Gasteiger partial charge in [-0.3, -0.25) is 4.79 Å². The molecule has 0 aromatic heterocycles. The second-order valence-electron chi connectivity index (χ2n) is 4.12. The van der Waals surface area contributed by atoms with Gasteiger partial charge in [0, 0.05) is 12.6 Å². The molecule has 0 aliphatic carbocycles. The highest BCUT2D eigenvalue weighted by Gasteiger charge is 2.21. The molecule has 0 saturated heterocycles. The molecule has 1 atom stereocenters. The first-order valence-corrected chi connectivity index (χ1v) is 5.71. The molecular weight excluding hydrogens is 188 g/mol. The first kappa shape index (κ1) is 14.2. The molecule has 88 valence electrons. The van der Waals surface area contributed by atoms with Gasteiger partial charge >= 0.3 is 0 Å². The van der Waals surface area contributed by atoms with E-state index in [-0.39, 0.29) is 18.0 Å². The first-order valence-electron chi connectivity index (χ1n) is 5.71. The smallest absolute Gasteiger partial charge is 0.239 e. The van der Waals surface area contributed by atoms with E-state index in [9.17, 15) is 4.79 Å². The van der Waals surface area contributed by atoms with Gasteiger partial charge in [-0.2, -0.15) is 0 Å². The van der Waals surface area contributed by atoms with Crippen molar-refractivity contribution in [1.29, 1.82) is 0 Å². The highest BCUT2D eigenvalue weighted by molar-refractivity contribution is 5.82. The van der Waals surface area contributed by atoms with Crippen LogP contribution in [0, 0.1) is 0 Å². The molecule has 3 nitrogen and oxygen atoms in total. The van der Waals surface area contributed by atoms with E-state index in [4.69, 9.17) is 5.73 Å². The summed E-state index contributed by atoms with van der Waals surface area (Å²) in [6, 6.07) is -0.171. The third kappa shape index (κ3) is 4.98. The monoisotopic (exact) mass is 212 g/mol. The normalized spacial score (nSPS) is 12.6. The Morgan fingerprint density at radius 3 is 2.53 bits per heavy atom. The number of amides is 1. The number of hydrogen-bond acceptors (Lipinski definition) is 2. The summed E-state index contributed by atoms with van der Waals surface area (Å²) in [5, 5.41) is 0. The van der Waals surface area contributed by atoms with E-state index in [1.165, 1.54) is 0 Å². The van der Waals surface area contributed by atoms with Crippen LogP contribution < -0.4 is 5.73 Å². The summed E-state index contributed by atoms with van der Waals surface area (Å²) in [4.78, 5) is 13.7. The van der Waals surface area contributed by atoms with Gasteiger partial charge in [0.25, 0.3) is 0 Å². The highest BCUT2D eigenvalue weighted by atomic mass is 16.2. The van der Waals surface area contributed by atoms with Crippen molar-refractivity contribution >= 4 is 5.91 Å². The van der Waals surface area contributed by atoms with Gasteiger partial charge in [-0.1, -0.05) is 25.8 Å². The minimum atomic E-state index is -0.354. The van der Waals surface area contributed by atoms with Crippen molar-refractivity contribution in [2.45, 2.75) is 52.1 Å². The van der Waals surface area contributed by atoms with Crippen LogP contribution in [0.15, 0.2) is 12.7 Å². The van der Waals surface area contributed by atoms with Crippen molar-refractivity contribution in [1.82, 2.24) is 4.90 Å². The Labute approximate surface area is 93.3 Å². The molecule has 0 spiro atoms. The fourth-order valence-electron chi connectivity index (χ4n) is 1.45. The number of nitrogens with two attached hydrogens (primary N) is 1. The Bertz CT molecular complexity index is 202. The lowest BCUT2D eigenvalue weighted by molar-refractivity contribution is -0.133. The van der Waals surface area contributed by atoms with Crippen LogP contribution >= 0.6 is 0 Å². The largest absolute Gasteiger partial charge is 0.335 e. The molecule has 0 heterocycles. The molecule has 3 heteroatoms. The Hall–Kier alpha value is -0.830. The zero-order chi connectivity index (χ0) is 11.8. The second kappa shape index (κ2) is 7.46. The van der Waals surface area contributed by atoms with Crippen LogP contribution in [-0.4, -0.2) is 29.4 Å². The van der Waals surface area contributed by atoms with Gasteiger partial charge in [0.2, 0.25) is 5.91 Å². The van der Waals surface area contributed by atoms with Gasteiger partial charge in [0.1, 0.15) is 0 Å². The second-order valence-corrected chi connectivity index (χ2v) is 4.12. The molecule has 0 fully saturated rings. The van der Waals surface area contributed by atoms with Crippen LogP contribution in [-0.2, 0) is 4.79 Å². The molecule has 0 radical (unpaired) electrons. The SMILES string of the molecule is C=CCN(C(=O)C(N)CCCC)C(C)C. The third-order valence-corrected chi connectivity index (χ3v) is 2.42. The molecule has 0 rings (SSSR count). The summed E-state index contributed by atoms with van der Waals surface area (Å²) in [7, 11) is 0. The summed E-state index contributed by atoms with van der Waals surface area (Å²) in [5.74, 6) is 0.0401. The predicted octanol–water partition coefficient (Wildman–Crippen LogP) is 1.93. The Morgan fingerprint density at radius 1 is 1.53 bits per heavy atom. The Kier molecular flexibility index (Phi) is 7.05. The van der Waals surface area contributed by atoms with Gasteiger partial charge in [0.15, 0.2) is 0 Å². The van der Waals surface area contributed by atoms with Crippen LogP contribution in [0.5, 0.6) is 0 Å². The lowest BCUT2D eigenvalue weighted by Crippen LogP contribution is -2.46. The first-order chi connectivity index (χ1) is 7.04. The highest BCUT2D eigenvalue weighted by Crippen LogP contribution is 2.06. The number of unbranched alkanes of at least 4 members (excludes halogenated alkanes) is 1. The van der Waals surface area contributed by atoms with E-state index < -0.39 is 0 Å². The Morgan fingerprint density at radius 2 is 2.13 bits per heavy atom. The van der Waals surface area contributed by atoms with E-state index in [1.54, 1.807) is 11.0 Å². The quantitative estimate of drug-likeness (QED) is 0.655. The van der Waals surface area contributed by atoms with Crippen LogP contribution in [0.3, 0.4) is 0 Å². The zero-order valence-electron chi connectivity index (χ0n) is 10.2.